The van der Waals surface area contributed by atoms with Crippen LogP contribution in [0.3, 0.4) is 0 Å². The lowest BCUT2D eigenvalue weighted by Gasteiger charge is -2.10. The number of rotatable bonds is 2. The Kier molecular flexibility index (Phi) is 3.86. The van der Waals surface area contributed by atoms with Crippen molar-refractivity contribution in [2.75, 3.05) is 28.2 Å². The lowest BCUT2D eigenvalue weighted by atomic mass is 10.0. The van der Waals surface area contributed by atoms with Gasteiger partial charge in [-0.3, -0.25) is 9.59 Å². The first kappa shape index (κ1) is 18.2. The van der Waals surface area contributed by atoms with E-state index in [1.165, 1.54) is 0 Å². The van der Waals surface area contributed by atoms with Crippen molar-refractivity contribution in [3.63, 3.8) is 0 Å². The van der Waals surface area contributed by atoms with Gasteiger partial charge in [-0.15, -0.1) is 0 Å². The number of H-pyrrole nitrogens is 2. The average molecular weight is 398 g/mol. The molecule has 2 heterocycles. The molecule has 0 aliphatic heterocycles. The van der Waals surface area contributed by atoms with Crippen LogP contribution in [-0.4, -0.2) is 59.8 Å². The molecule has 6 heteroatoms. The summed E-state index contributed by atoms with van der Waals surface area (Å²) in [5.41, 5.74) is 5.30. The van der Waals surface area contributed by atoms with Gasteiger partial charge < -0.3 is 19.8 Å². The van der Waals surface area contributed by atoms with Crippen molar-refractivity contribution in [3.05, 3.63) is 59.7 Å². The molecule has 2 N–H and O–H groups in total. The van der Waals surface area contributed by atoms with Gasteiger partial charge in [-0.05, 0) is 48.5 Å². The van der Waals surface area contributed by atoms with Gasteiger partial charge in [-0.25, -0.2) is 0 Å². The summed E-state index contributed by atoms with van der Waals surface area (Å²) < 4.78 is 0. The van der Waals surface area contributed by atoms with E-state index >= 15 is 0 Å². The summed E-state index contributed by atoms with van der Waals surface area (Å²) in [5.74, 6) is -0.0440. The van der Waals surface area contributed by atoms with E-state index in [4.69, 9.17) is 0 Å². The highest BCUT2D eigenvalue weighted by atomic mass is 16.2. The molecule has 2 amide bonds. The molecule has 30 heavy (non-hydrogen) atoms. The van der Waals surface area contributed by atoms with Gasteiger partial charge in [0.05, 0.1) is 0 Å². The number of amides is 2. The molecular weight excluding hydrogens is 376 g/mol. The van der Waals surface area contributed by atoms with Crippen LogP contribution in [0.1, 0.15) is 20.7 Å². The standard InChI is InChI=1S/C24H22N4O2/c1-27(2)23(29)13-5-7-19-15(9-13)17-11-18-16-10-14(24(30)28(3)4)6-8-20(16)26-22(18)12-21(17)25-19/h5-12,25-26H,1-4H3. The maximum absolute atomic E-state index is 12.4. The predicted octanol–water partition coefficient (Wildman–Crippen LogP) is 4.36. The molecule has 5 aromatic rings. The zero-order chi connectivity index (χ0) is 21.2. The topological polar surface area (TPSA) is 72.2 Å². The van der Waals surface area contributed by atoms with E-state index in [1.807, 2.05) is 36.4 Å². The number of aromatic nitrogens is 2. The Morgan fingerprint density at radius 3 is 1.37 bits per heavy atom. The molecule has 0 atom stereocenters. The van der Waals surface area contributed by atoms with Gasteiger partial charge in [0, 0.05) is 82.9 Å². The second-order valence-corrected chi connectivity index (χ2v) is 8.11. The molecule has 0 fully saturated rings. The fourth-order valence-electron chi connectivity index (χ4n) is 4.08. The van der Waals surface area contributed by atoms with Crippen molar-refractivity contribution in [2.24, 2.45) is 0 Å². The molecule has 0 aliphatic rings. The maximum Gasteiger partial charge on any atom is 0.253 e. The van der Waals surface area contributed by atoms with Crippen molar-refractivity contribution in [2.45, 2.75) is 0 Å². The number of aromatic amines is 2. The van der Waals surface area contributed by atoms with E-state index in [2.05, 4.69) is 22.1 Å². The van der Waals surface area contributed by atoms with E-state index in [-0.39, 0.29) is 11.8 Å². The monoisotopic (exact) mass is 398 g/mol. The van der Waals surface area contributed by atoms with E-state index in [0.29, 0.717) is 11.1 Å². The summed E-state index contributed by atoms with van der Waals surface area (Å²) in [6.07, 6.45) is 0. The van der Waals surface area contributed by atoms with Gasteiger partial charge in [-0.1, -0.05) is 0 Å². The molecular formula is C24H22N4O2. The summed E-state index contributed by atoms with van der Waals surface area (Å²) in [5, 5.41) is 4.12. The fourth-order valence-corrected chi connectivity index (χ4v) is 4.08. The lowest BCUT2D eigenvalue weighted by molar-refractivity contribution is 0.0820. The number of hydrogen-bond donors (Lipinski definition) is 2. The largest absolute Gasteiger partial charge is 0.354 e. The Labute approximate surface area is 173 Å². The summed E-state index contributed by atoms with van der Waals surface area (Å²) in [4.78, 5) is 34.9. The number of carbonyl (C=O) groups excluding carboxylic acids is 2. The summed E-state index contributed by atoms with van der Waals surface area (Å²) in [6, 6.07) is 15.7. The summed E-state index contributed by atoms with van der Waals surface area (Å²) in [6.45, 7) is 0. The molecule has 0 saturated heterocycles. The third-order valence-electron chi connectivity index (χ3n) is 5.62. The fraction of sp³-hybridized carbons (Fsp3) is 0.167. The molecule has 0 bridgehead atoms. The van der Waals surface area contributed by atoms with Gasteiger partial charge >= 0.3 is 0 Å². The van der Waals surface area contributed by atoms with E-state index in [9.17, 15) is 9.59 Å². The Morgan fingerprint density at radius 2 is 0.967 bits per heavy atom. The van der Waals surface area contributed by atoms with Gasteiger partial charge in [0.25, 0.3) is 11.8 Å². The van der Waals surface area contributed by atoms with Crippen molar-refractivity contribution in [1.29, 1.82) is 0 Å². The van der Waals surface area contributed by atoms with Crippen LogP contribution in [0.2, 0.25) is 0 Å². The van der Waals surface area contributed by atoms with Crippen LogP contribution in [0.15, 0.2) is 48.5 Å². The Morgan fingerprint density at radius 1 is 0.567 bits per heavy atom. The number of nitrogens with one attached hydrogen (secondary N) is 2. The van der Waals surface area contributed by atoms with Crippen LogP contribution in [0.5, 0.6) is 0 Å². The number of fused-ring (bicyclic) bond motifs is 6. The Balaban J connectivity index is 1.77. The highest BCUT2D eigenvalue weighted by molar-refractivity contribution is 6.18. The van der Waals surface area contributed by atoms with Gasteiger partial charge in [0.2, 0.25) is 0 Å². The zero-order valence-electron chi connectivity index (χ0n) is 17.3. The predicted molar refractivity (Wildman–Crippen MR) is 121 cm³/mol. The third-order valence-corrected chi connectivity index (χ3v) is 5.62. The molecule has 6 nitrogen and oxygen atoms in total. The molecule has 0 aliphatic carbocycles. The normalized spacial score (nSPS) is 11.6. The molecule has 150 valence electrons. The number of benzene rings is 3. The summed E-state index contributed by atoms with van der Waals surface area (Å²) in [7, 11) is 7.02. The average Bonchev–Trinajstić information content (AvgIpc) is 3.26. The first-order chi connectivity index (χ1) is 14.3. The second kappa shape index (κ2) is 6.35. The second-order valence-electron chi connectivity index (χ2n) is 8.11. The minimum Gasteiger partial charge on any atom is -0.354 e. The maximum atomic E-state index is 12.4. The molecule has 0 saturated carbocycles. The number of hydrogen-bond acceptors (Lipinski definition) is 2. The van der Waals surface area contributed by atoms with Crippen LogP contribution in [0.25, 0.3) is 43.6 Å². The van der Waals surface area contributed by atoms with Crippen LogP contribution in [0.4, 0.5) is 0 Å². The van der Waals surface area contributed by atoms with Gasteiger partial charge in [-0.2, -0.15) is 0 Å². The molecule has 2 aromatic heterocycles. The van der Waals surface area contributed by atoms with Crippen molar-refractivity contribution in [1.82, 2.24) is 19.8 Å². The van der Waals surface area contributed by atoms with Gasteiger partial charge in [0.1, 0.15) is 0 Å². The minimum atomic E-state index is -0.0220. The lowest BCUT2D eigenvalue weighted by Crippen LogP contribution is -2.21. The van der Waals surface area contributed by atoms with Crippen molar-refractivity contribution < 1.29 is 9.59 Å². The van der Waals surface area contributed by atoms with Crippen LogP contribution in [0, 0.1) is 0 Å². The molecule has 0 spiro atoms. The smallest absolute Gasteiger partial charge is 0.253 e. The van der Waals surface area contributed by atoms with Crippen LogP contribution < -0.4 is 0 Å². The number of carbonyl (C=O) groups is 2. The highest BCUT2D eigenvalue weighted by Gasteiger charge is 2.15. The van der Waals surface area contributed by atoms with Crippen molar-refractivity contribution >= 4 is 55.4 Å². The first-order valence-corrected chi connectivity index (χ1v) is 9.78. The zero-order valence-corrected chi connectivity index (χ0v) is 17.3. The highest BCUT2D eigenvalue weighted by Crippen LogP contribution is 2.34. The Hall–Kier alpha value is -3.80. The minimum absolute atomic E-state index is 0.0220. The van der Waals surface area contributed by atoms with Crippen LogP contribution >= 0.6 is 0 Å². The van der Waals surface area contributed by atoms with Crippen LogP contribution in [-0.2, 0) is 0 Å². The number of nitrogens with zero attached hydrogens (tertiary/aromatic N) is 2. The van der Waals surface area contributed by atoms with E-state index in [1.54, 1.807) is 38.0 Å². The van der Waals surface area contributed by atoms with E-state index in [0.717, 1.165) is 43.6 Å². The first-order valence-electron chi connectivity index (χ1n) is 9.78. The molecule has 3 aromatic carbocycles. The SMILES string of the molecule is CN(C)C(=O)c1ccc2[nH]c3cc4[nH]c5ccc(C(=O)N(C)C)cc5c4cc3c2c1. The van der Waals surface area contributed by atoms with Gasteiger partial charge in [0.15, 0.2) is 0 Å². The summed E-state index contributed by atoms with van der Waals surface area (Å²) >= 11 is 0. The molecule has 0 unspecified atom stereocenters. The molecule has 5 rings (SSSR count). The quantitative estimate of drug-likeness (QED) is 0.464. The van der Waals surface area contributed by atoms with Crippen molar-refractivity contribution in [3.8, 4) is 0 Å². The molecule has 0 radical (unpaired) electrons. The van der Waals surface area contributed by atoms with E-state index < -0.39 is 0 Å². The third kappa shape index (κ3) is 2.64. The Bertz CT molecular complexity index is 1380.